The third-order valence-corrected chi connectivity index (χ3v) is 2.85. The van der Waals surface area contributed by atoms with Crippen LogP contribution >= 0.6 is 0 Å². The lowest BCUT2D eigenvalue weighted by atomic mass is 10.1. The maximum absolute atomic E-state index is 13.5. The molecule has 0 bridgehead atoms. The Morgan fingerprint density at radius 2 is 1.82 bits per heavy atom. The van der Waals surface area contributed by atoms with Crippen LogP contribution in [0.1, 0.15) is 16.7 Å². The number of aryl methyl sites for hydroxylation is 2. The van der Waals surface area contributed by atoms with E-state index in [0.29, 0.717) is 12.2 Å². The lowest BCUT2D eigenvalue weighted by Crippen LogP contribution is -2.03. The number of benzene rings is 2. The summed E-state index contributed by atoms with van der Waals surface area (Å²) in [6, 6.07) is 13.2. The van der Waals surface area contributed by atoms with Crippen molar-refractivity contribution in [3.63, 3.8) is 0 Å². The van der Waals surface area contributed by atoms with Gasteiger partial charge in [0.2, 0.25) is 0 Å². The second-order valence-electron chi connectivity index (χ2n) is 4.26. The van der Waals surface area contributed by atoms with Crippen molar-refractivity contribution < 1.29 is 4.39 Å². The Labute approximate surface area is 101 Å². The standard InChI is InChI=1S/C15H16FN/c1-11-7-8-14(16)15(9-11)17-10-13-6-4-3-5-12(13)2/h3-9,17H,10H2,1-2H3. The Morgan fingerprint density at radius 1 is 1.06 bits per heavy atom. The largest absolute Gasteiger partial charge is 0.379 e. The Bertz CT molecular complexity index is 520. The highest BCUT2D eigenvalue weighted by Gasteiger charge is 2.02. The number of anilines is 1. The smallest absolute Gasteiger partial charge is 0.146 e. The quantitative estimate of drug-likeness (QED) is 0.837. The molecule has 17 heavy (non-hydrogen) atoms. The summed E-state index contributed by atoms with van der Waals surface area (Å²) in [6.45, 7) is 4.66. The van der Waals surface area contributed by atoms with Crippen LogP contribution in [0, 0.1) is 19.7 Å². The van der Waals surface area contributed by atoms with Crippen molar-refractivity contribution >= 4 is 5.69 Å². The first-order chi connectivity index (χ1) is 8.16. The highest BCUT2D eigenvalue weighted by Crippen LogP contribution is 2.17. The first-order valence-electron chi connectivity index (χ1n) is 5.71. The molecular weight excluding hydrogens is 213 g/mol. The highest BCUT2D eigenvalue weighted by atomic mass is 19.1. The monoisotopic (exact) mass is 229 g/mol. The van der Waals surface area contributed by atoms with Gasteiger partial charge in [0, 0.05) is 6.54 Å². The van der Waals surface area contributed by atoms with E-state index >= 15 is 0 Å². The fraction of sp³-hybridized carbons (Fsp3) is 0.200. The zero-order chi connectivity index (χ0) is 12.3. The van der Waals surface area contributed by atoms with Crippen molar-refractivity contribution in [2.24, 2.45) is 0 Å². The molecule has 1 nitrogen and oxygen atoms in total. The predicted octanol–water partition coefficient (Wildman–Crippen LogP) is 4.05. The molecule has 88 valence electrons. The molecule has 2 aromatic rings. The molecule has 0 aliphatic heterocycles. The van der Waals surface area contributed by atoms with Crippen LogP contribution in [0.5, 0.6) is 0 Å². The molecule has 0 aliphatic carbocycles. The van der Waals surface area contributed by atoms with Crippen molar-refractivity contribution in [2.75, 3.05) is 5.32 Å². The normalized spacial score (nSPS) is 10.3. The summed E-state index contributed by atoms with van der Waals surface area (Å²) >= 11 is 0. The summed E-state index contributed by atoms with van der Waals surface area (Å²) in [6.07, 6.45) is 0. The van der Waals surface area contributed by atoms with Crippen molar-refractivity contribution in [1.29, 1.82) is 0 Å². The van der Waals surface area contributed by atoms with Crippen LogP contribution in [0.25, 0.3) is 0 Å². The average Bonchev–Trinajstić information content (AvgIpc) is 2.32. The maximum atomic E-state index is 13.5. The topological polar surface area (TPSA) is 12.0 Å². The number of hydrogen-bond acceptors (Lipinski definition) is 1. The van der Waals surface area contributed by atoms with E-state index in [4.69, 9.17) is 0 Å². The number of hydrogen-bond donors (Lipinski definition) is 1. The molecule has 0 aromatic heterocycles. The third kappa shape index (κ3) is 2.84. The number of nitrogens with one attached hydrogen (secondary N) is 1. The van der Waals surface area contributed by atoms with Crippen LogP contribution in [-0.4, -0.2) is 0 Å². The molecule has 0 saturated carbocycles. The molecule has 2 rings (SSSR count). The van der Waals surface area contributed by atoms with E-state index in [0.717, 1.165) is 5.56 Å². The molecule has 0 aliphatic rings. The summed E-state index contributed by atoms with van der Waals surface area (Å²) in [5.41, 5.74) is 4.02. The lowest BCUT2D eigenvalue weighted by Gasteiger charge is -2.10. The minimum Gasteiger partial charge on any atom is -0.379 e. The molecule has 0 spiro atoms. The van der Waals surface area contributed by atoms with Crippen LogP contribution in [0.4, 0.5) is 10.1 Å². The van der Waals surface area contributed by atoms with E-state index < -0.39 is 0 Å². The van der Waals surface area contributed by atoms with Gasteiger partial charge in [-0.3, -0.25) is 0 Å². The SMILES string of the molecule is Cc1ccc(F)c(NCc2ccccc2C)c1. The molecular formula is C15H16FN. The van der Waals surface area contributed by atoms with Gasteiger partial charge in [0.15, 0.2) is 0 Å². The van der Waals surface area contributed by atoms with Crippen molar-refractivity contribution in [3.8, 4) is 0 Å². The van der Waals surface area contributed by atoms with E-state index in [2.05, 4.69) is 24.4 Å². The molecule has 2 heteroatoms. The Kier molecular flexibility index (Phi) is 3.43. The van der Waals surface area contributed by atoms with Gasteiger partial charge >= 0.3 is 0 Å². The Balaban J connectivity index is 2.12. The van der Waals surface area contributed by atoms with E-state index in [1.54, 1.807) is 6.07 Å². The van der Waals surface area contributed by atoms with E-state index in [1.165, 1.54) is 17.2 Å². The average molecular weight is 229 g/mol. The van der Waals surface area contributed by atoms with Gasteiger partial charge in [-0.25, -0.2) is 4.39 Å². The lowest BCUT2D eigenvalue weighted by molar-refractivity contribution is 0.629. The molecule has 0 saturated heterocycles. The summed E-state index contributed by atoms with van der Waals surface area (Å²) in [5.74, 6) is -0.204. The Morgan fingerprint density at radius 3 is 2.59 bits per heavy atom. The number of halogens is 1. The van der Waals surface area contributed by atoms with Gasteiger partial charge in [0.05, 0.1) is 5.69 Å². The fourth-order valence-electron chi connectivity index (χ4n) is 1.77. The van der Waals surface area contributed by atoms with Crippen molar-refractivity contribution in [2.45, 2.75) is 20.4 Å². The molecule has 0 unspecified atom stereocenters. The fourth-order valence-corrected chi connectivity index (χ4v) is 1.77. The second kappa shape index (κ2) is 5.00. The summed E-state index contributed by atoms with van der Waals surface area (Å²) < 4.78 is 13.5. The molecule has 2 aromatic carbocycles. The number of rotatable bonds is 3. The highest BCUT2D eigenvalue weighted by molar-refractivity contribution is 5.47. The van der Waals surface area contributed by atoms with Crippen LogP contribution in [0.15, 0.2) is 42.5 Å². The molecule has 0 atom stereocenters. The van der Waals surface area contributed by atoms with E-state index in [-0.39, 0.29) is 5.82 Å². The van der Waals surface area contributed by atoms with Crippen molar-refractivity contribution in [1.82, 2.24) is 0 Å². The van der Waals surface area contributed by atoms with E-state index in [1.807, 2.05) is 25.1 Å². The first kappa shape index (κ1) is 11.6. The molecule has 1 N–H and O–H groups in total. The van der Waals surface area contributed by atoms with Gasteiger partial charge in [-0.1, -0.05) is 30.3 Å². The minimum atomic E-state index is -0.204. The van der Waals surface area contributed by atoms with Crippen molar-refractivity contribution in [3.05, 3.63) is 65.0 Å². The van der Waals surface area contributed by atoms with E-state index in [9.17, 15) is 4.39 Å². The first-order valence-corrected chi connectivity index (χ1v) is 5.71. The van der Waals surface area contributed by atoms with Crippen LogP contribution in [0.3, 0.4) is 0 Å². The zero-order valence-corrected chi connectivity index (χ0v) is 10.1. The molecule has 0 heterocycles. The van der Waals surface area contributed by atoms with Gasteiger partial charge in [0.1, 0.15) is 5.82 Å². The molecule has 0 fully saturated rings. The van der Waals surface area contributed by atoms with Gasteiger partial charge in [-0.2, -0.15) is 0 Å². The van der Waals surface area contributed by atoms with Gasteiger partial charge < -0.3 is 5.32 Å². The molecule has 0 amide bonds. The minimum absolute atomic E-state index is 0.204. The third-order valence-electron chi connectivity index (χ3n) is 2.85. The summed E-state index contributed by atoms with van der Waals surface area (Å²) in [5, 5.41) is 3.14. The molecule has 0 radical (unpaired) electrons. The Hall–Kier alpha value is -1.83. The van der Waals surface area contributed by atoms with Gasteiger partial charge in [-0.15, -0.1) is 0 Å². The van der Waals surface area contributed by atoms with Gasteiger partial charge in [0.25, 0.3) is 0 Å². The van der Waals surface area contributed by atoms with Crippen LogP contribution < -0.4 is 5.32 Å². The zero-order valence-electron chi connectivity index (χ0n) is 10.1. The maximum Gasteiger partial charge on any atom is 0.146 e. The van der Waals surface area contributed by atoms with Gasteiger partial charge in [-0.05, 0) is 42.7 Å². The summed E-state index contributed by atoms with van der Waals surface area (Å²) in [4.78, 5) is 0. The second-order valence-corrected chi connectivity index (χ2v) is 4.26. The van der Waals surface area contributed by atoms with Crippen LogP contribution in [0.2, 0.25) is 0 Å². The van der Waals surface area contributed by atoms with Crippen LogP contribution in [-0.2, 0) is 6.54 Å². The predicted molar refractivity (Wildman–Crippen MR) is 69.6 cm³/mol. The summed E-state index contributed by atoms with van der Waals surface area (Å²) in [7, 11) is 0.